The van der Waals surface area contributed by atoms with E-state index in [9.17, 15) is 8.42 Å². The molecule has 2 aromatic rings. The Labute approximate surface area is 112 Å². The number of nitrogens with zero attached hydrogens (tertiary/aromatic N) is 2. The Morgan fingerprint density at radius 1 is 1.26 bits per heavy atom. The van der Waals surface area contributed by atoms with E-state index in [1.165, 1.54) is 4.31 Å². The summed E-state index contributed by atoms with van der Waals surface area (Å²) in [5.41, 5.74) is 2.41. The largest absolute Gasteiger partial charge is 0.337 e. The average Bonchev–Trinajstić information content (AvgIpc) is 2.45. The Hall–Kier alpha value is -2.08. The van der Waals surface area contributed by atoms with Gasteiger partial charge >= 0.3 is 0 Å². The van der Waals surface area contributed by atoms with Crippen LogP contribution in [-0.2, 0) is 10.0 Å². The van der Waals surface area contributed by atoms with Gasteiger partial charge < -0.3 is 5.32 Å². The first-order valence-electron chi connectivity index (χ1n) is 5.82. The molecule has 98 valence electrons. The zero-order chi connectivity index (χ0) is 13.6. The molecule has 5 nitrogen and oxygen atoms in total. The summed E-state index contributed by atoms with van der Waals surface area (Å²) in [6.07, 6.45) is 1.57. The molecule has 0 amide bonds. The van der Waals surface area contributed by atoms with E-state index in [1.807, 2.05) is 19.1 Å². The number of fused-ring (bicyclic) bond motifs is 2. The lowest BCUT2D eigenvalue weighted by Crippen LogP contribution is -2.25. The molecule has 19 heavy (non-hydrogen) atoms. The van der Waals surface area contributed by atoms with E-state index in [0.717, 1.165) is 11.3 Å². The lowest BCUT2D eigenvalue weighted by molar-refractivity contribution is 0.595. The zero-order valence-corrected chi connectivity index (χ0v) is 11.4. The standard InChI is InChI=1S/C13H13N3O2S/c1-9-5-6-11-10(8-9)15-13-12(4-3-7-14-13)19(17,18)16(11)2/h3-8H,1-2H3,(H,14,15). The van der Waals surface area contributed by atoms with Gasteiger partial charge in [0.25, 0.3) is 10.0 Å². The second-order valence-electron chi connectivity index (χ2n) is 4.47. The molecule has 1 N–H and O–H groups in total. The predicted octanol–water partition coefficient (Wildman–Crippen LogP) is 2.27. The minimum atomic E-state index is -3.58. The number of hydrogen-bond donors (Lipinski definition) is 1. The van der Waals surface area contributed by atoms with Crippen molar-refractivity contribution in [2.45, 2.75) is 11.8 Å². The smallest absolute Gasteiger partial charge is 0.267 e. The van der Waals surface area contributed by atoms with Crippen molar-refractivity contribution in [2.75, 3.05) is 16.7 Å². The number of pyridine rings is 1. The van der Waals surface area contributed by atoms with E-state index >= 15 is 0 Å². The summed E-state index contributed by atoms with van der Waals surface area (Å²) in [4.78, 5) is 4.31. The summed E-state index contributed by atoms with van der Waals surface area (Å²) < 4.78 is 26.3. The van der Waals surface area contributed by atoms with Crippen molar-refractivity contribution in [1.82, 2.24) is 4.98 Å². The van der Waals surface area contributed by atoms with Crippen LogP contribution in [0, 0.1) is 6.92 Å². The molecule has 0 aliphatic carbocycles. The monoisotopic (exact) mass is 275 g/mol. The van der Waals surface area contributed by atoms with Crippen molar-refractivity contribution in [3.8, 4) is 0 Å². The molecule has 2 heterocycles. The van der Waals surface area contributed by atoms with Gasteiger partial charge in [-0.15, -0.1) is 0 Å². The number of anilines is 3. The van der Waals surface area contributed by atoms with Crippen LogP contribution < -0.4 is 9.62 Å². The van der Waals surface area contributed by atoms with Crippen LogP contribution in [0.15, 0.2) is 41.4 Å². The molecular formula is C13H13N3O2S. The fourth-order valence-corrected chi connectivity index (χ4v) is 3.43. The number of rotatable bonds is 0. The van der Waals surface area contributed by atoms with Crippen LogP contribution in [-0.4, -0.2) is 20.4 Å². The highest BCUT2D eigenvalue weighted by Gasteiger charge is 2.30. The van der Waals surface area contributed by atoms with Crippen LogP contribution in [0.25, 0.3) is 0 Å². The molecule has 0 fully saturated rings. The van der Waals surface area contributed by atoms with Gasteiger partial charge in [0.05, 0.1) is 11.4 Å². The van der Waals surface area contributed by atoms with Crippen LogP contribution in [0.5, 0.6) is 0 Å². The Bertz CT molecular complexity index is 756. The van der Waals surface area contributed by atoms with Crippen LogP contribution in [0.3, 0.4) is 0 Å². The molecule has 1 aliphatic heterocycles. The summed E-state index contributed by atoms with van der Waals surface area (Å²) in [6, 6.07) is 8.76. The maximum absolute atomic E-state index is 12.5. The third kappa shape index (κ3) is 1.76. The summed E-state index contributed by atoms with van der Waals surface area (Å²) in [5.74, 6) is 0.360. The second-order valence-corrected chi connectivity index (χ2v) is 6.41. The number of benzene rings is 1. The average molecular weight is 275 g/mol. The van der Waals surface area contributed by atoms with Gasteiger partial charge in [0.2, 0.25) is 0 Å². The summed E-state index contributed by atoms with van der Waals surface area (Å²) >= 11 is 0. The van der Waals surface area contributed by atoms with Gasteiger partial charge in [-0.05, 0) is 36.8 Å². The highest BCUT2D eigenvalue weighted by atomic mass is 32.2. The fraction of sp³-hybridized carbons (Fsp3) is 0.154. The van der Waals surface area contributed by atoms with Crippen molar-refractivity contribution in [3.63, 3.8) is 0 Å². The van der Waals surface area contributed by atoms with E-state index in [0.29, 0.717) is 11.5 Å². The van der Waals surface area contributed by atoms with E-state index in [1.54, 1.807) is 31.4 Å². The van der Waals surface area contributed by atoms with Crippen molar-refractivity contribution < 1.29 is 8.42 Å². The first kappa shape index (κ1) is 12.0. The van der Waals surface area contributed by atoms with Gasteiger partial charge in [-0.1, -0.05) is 6.07 Å². The Morgan fingerprint density at radius 2 is 2.05 bits per heavy atom. The number of sulfonamides is 1. The summed E-state index contributed by atoms with van der Waals surface area (Å²) in [7, 11) is -2.03. The molecule has 0 bridgehead atoms. The van der Waals surface area contributed by atoms with Gasteiger partial charge in [0.15, 0.2) is 5.82 Å². The van der Waals surface area contributed by atoms with Gasteiger partial charge in [-0.2, -0.15) is 0 Å². The number of hydrogen-bond acceptors (Lipinski definition) is 4. The van der Waals surface area contributed by atoms with E-state index in [-0.39, 0.29) is 4.90 Å². The minimum absolute atomic E-state index is 0.186. The van der Waals surface area contributed by atoms with Crippen molar-refractivity contribution >= 4 is 27.2 Å². The second kappa shape index (κ2) is 3.96. The van der Waals surface area contributed by atoms with E-state index in [2.05, 4.69) is 10.3 Å². The van der Waals surface area contributed by atoms with Crippen molar-refractivity contribution in [2.24, 2.45) is 0 Å². The van der Waals surface area contributed by atoms with Crippen molar-refractivity contribution in [3.05, 3.63) is 42.1 Å². The van der Waals surface area contributed by atoms with Crippen LogP contribution in [0.4, 0.5) is 17.2 Å². The quantitative estimate of drug-likeness (QED) is 0.801. The Kier molecular flexibility index (Phi) is 2.50. The van der Waals surface area contributed by atoms with Gasteiger partial charge in [0, 0.05) is 13.2 Å². The van der Waals surface area contributed by atoms with E-state index < -0.39 is 10.0 Å². The SMILES string of the molecule is Cc1ccc2c(c1)Nc1ncccc1S(=O)(=O)N2C. The first-order chi connectivity index (χ1) is 9.00. The molecule has 0 spiro atoms. The lowest BCUT2D eigenvalue weighted by atomic mass is 10.2. The van der Waals surface area contributed by atoms with Gasteiger partial charge in [-0.25, -0.2) is 13.4 Å². The maximum Gasteiger partial charge on any atom is 0.267 e. The van der Waals surface area contributed by atoms with Crippen LogP contribution in [0.1, 0.15) is 5.56 Å². The molecule has 6 heteroatoms. The highest BCUT2D eigenvalue weighted by molar-refractivity contribution is 7.93. The summed E-state index contributed by atoms with van der Waals surface area (Å²) in [5, 5.41) is 3.10. The molecule has 0 atom stereocenters. The van der Waals surface area contributed by atoms with Gasteiger partial charge in [0.1, 0.15) is 4.90 Å². The third-order valence-corrected chi connectivity index (χ3v) is 4.96. The molecule has 1 aliphatic rings. The van der Waals surface area contributed by atoms with Crippen LogP contribution in [0.2, 0.25) is 0 Å². The first-order valence-corrected chi connectivity index (χ1v) is 7.26. The van der Waals surface area contributed by atoms with Gasteiger partial charge in [-0.3, -0.25) is 4.31 Å². The molecule has 3 rings (SSSR count). The molecular weight excluding hydrogens is 262 g/mol. The van der Waals surface area contributed by atoms with E-state index in [4.69, 9.17) is 0 Å². The fourth-order valence-electron chi connectivity index (χ4n) is 2.12. The van der Waals surface area contributed by atoms with Crippen LogP contribution >= 0.6 is 0 Å². The Balaban J connectivity index is 2.33. The number of aryl methyl sites for hydroxylation is 1. The maximum atomic E-state index is 12.5. The third-order valence-electron chi connectivity index (χ3n) is 3.15. The lowest BCUT2D eigenvalue weighted by Gasteiger charge is -2.18. The molecule has 0 radical (unpaired) electrons. The van der Waals surface area contributed by atoms with Crippen molar-refractivity contribution in [1.29, 1.82) is 0 Å². The molecule has 0 saturated carbocycles. The predicted molar refractivity (Wildman–Crippen MR) is 74.3 cm³/mol. The molecule has 1 aromatic heterocycles. The molecule has 0 saturated heterocycles. The molecule has 1 aromatic carbocycles. The zero-order valence-electron chi connectivity index (χ0n) is 10.6. The number of nitrogens with one attached hydrogen (secondary N) is 1. The minimum Gasteiger partial charge on any atom is -0.337 e. The number of aromatic nitrogens is 1. The Morgan fingerprint density at radius 3 is 2.84 bits per heavy atom. The summed E-state index contributed by atoms with van der Waals surface area (Å²) in [6.45, 7) is 1.96. The normalized spacial score (nSPS) is 16.0. The molecule has 0 unspecified atom stereocenters. The topological polar surface area (TPSA) is 62.3 Å². The highest BCUT2D eigenvalue weighted by Crippen LogP contribution is 2.37.